The number of benzene rings is 3. The summed E-state index contributed by atoms with van der Waals surface area (Å²) in [5.41, 5.74) is 3.51. The Morgan fingerprint density at radius 2 is 1.93 bits per heavy atom. The van der Waals surface area contributed by atoms with E-state index < -0.39 is 11.8 Å². The molecule has 0 aliphatic carbocycles. The minimum absolute atomic E-state index is 0.0276. The minimum atomic E-state index is -0.977. The molecule has 10 heteroatoms. The van der Waals surface area contributed by atoms with Crippen molar-refractivity contribution in [2.75, 3.05) is 6.61 Å². The molecule has 2 aromatic heterocycles. The lowest BCUT2D eigenvalue weighted by Gasteiger charge is -2.27. The van der Waals surface area contributed by atoms with Crippen LogP contribution in [0.5, 0.6) is 17.4 Å². The van der Waals surface area contributed by atoms with Gasteiger partial charge in [-0.15, -0.1) is 0 Å². The van der Waals surface area contributed by atoms with E-state index in [0.717, 1.165) is 41.5 Å². The van der Waals surface area contributed by atoms with Gasteiger partial charge in [-0.2, -0.15) is 5.26 Å². The molecule has 42 heavy (non-hydrogen) atoms. The van der Waals surface area contributed by atoms with Crippen LogP contribution in [0.4, 0.5) is 4.39 Å². The van der Waals surface area contributed by atoms with Gasteiger partial charge in [0.05, 0.1) is 46.6 Å². The highest BCUT2D eigenvalue weighted by Gasteiger charge is 2.22. The first-order valence-electron chi connectivity index (χ1n) is 13.3. The molecule has 0 saturated carbocycles. The maximum atomic E-state index is 14.1. The van der Waals surface area contributed by atoms with Gasteiger partial charge >= 0.3 is 5.97 Å². The molecule has 6 rings (SSSR count). The molecule has 0 radical (unpaired) electrons. The molecular weight excluding hydrogens is 539 g/mol. The van der Waals surface area contributed by atoms with Crippen LogP contribution in [0.25, 0.3) is 11.0 Å². The molecule has 1 fully saturated rings. The summed E-state index contributed by atoms with van der Waals surface area (Å²) in [6.45, 7) is 1.37. The third-order valence-electron chi connectivity index (χ3n) is 6.98. The van der Waals surface area contributed by atoms with Gasteiger partial charge < -0.3 is 23.9 Å². The van der Waals surface area contributed by atoms with Crippen LogP contribution in [0.1, 0.15) is 39.4 Å². The number of ether oxygens (including phenoxy) is 3. The van der Waals surface area contributed by atoms with Crippen molar-refractivity contribution in [3.05, 3.63) is 113 Å². The maximum absolute atomic E-state index is 14.1. The molecule has 3 heterocycles. The molecule has 3 aromatic carbocycles. The van der Waals surface area contributed by atoms with Crippen LogP contribution in [-0.2, 0) is 24.3 Å². The van der Waals surface area contributed by atoms with Crippen LogP contribution in [0.3, 0.4) is 0 Å². The fourth-order valence-electron chi connectivity index (χ4n) is 4.69. The Labute approximate surface area is 240 Å². The first-order valence-corrected chi connectivity index (χ1v) is 13.3. The largest absolute Gasteiger partial charge is 0.484 e. The number of rotatable bonds is 10. The topological polar surface area (TPSA) is 119 Å². The van der Waals surface area contributed by atoms with E-state index in [1.54, 1.807) is 36.4 Å². The average molecular weight is 565 g/mol. The van der Waals surface area contributed by atoms with Crippen LogP contribution in [0.15, 0.2) is 78.9 Å². The van der Waals surface area contributed by atoms with Gasteiger partial charge in [0, 0.05) is 19.1 Å². The minimum Gasteiger partial charge on any atom is -0.484 e. The van der Waals surface area contributed by atoms with Crippen LogP contribution in [-0.4, -0.2) is 38.3 Å². The van der Waals surface area contributed by atoms with Gasteiger partial charge in [-0.05, 0) is 66.6 Å². The molecule has 9 nitrogen and oxygen atoms in total. The number of hydrogen-bond acceptors (Lipinski definition) is 7. The molecule has 1 saturated heterocycles. The van der Waals surface area contributed by atoms with Crippen molar-refractivity contribution >= 4 is 17.0 Å². The summed E-state index contributed by atoms with van der Waals surface area (Å²) in [5.74, 6) is 0.220. The molecule has 1 aliphatic rings. The molecule has 0 bridgehead atoms. The van der Waals surface area contributed by atoms with Crippen LogP contribution < -0.4 is 9.47 Å². The average Bonchev–Trinajstić information content (AvgIpc) is 3.31. The van der Waals surface area contributed by atoms with Crippen molar-refractivity contribution in [2.45, 2.75) is 32.1 Å². The van der Waals surface area contributed by atoms with Crippen molar-refractivity contribution in [1.29, 1.82) is 5.26 Å². The third-order valence-corrected chi connectivity index (χ3v) is 6.98. The fraction of sp³-hybridized carbons (Fsp3) is 0.188. The molecule has 0 spiro atoms. The van der Waals surface area contributed by atoms with E-state index in [1.807, 2.05) is 30.3 Å². The Hall–Kier alpha value is -5.27. The summed E-state index contributed by atoms with van der Waals surface area (Å²) in [7, 11) is 0. The monoisotopic (exact) mass is 564 g/mol. The highest BCUT2D eigenvalue weighted by molar-refractivity contribution is 5.92. The van der Waals surface area contributed by atoms with Crippen LogP contribution >= 0.6 is 0 Å². The highest BCUT2D eigenvalue weighted by Crippen LogP contribution is 2.26. The van der Waals surface area contributed by atoms with E-state index in [-0.39, 0.29) is 29.6 Å². The molecule has 1 unspecified atom stereocenters. The zero-order chi connectivity index (χ0) is 29.1. The van der Waals surface area contributed by atoms with E-state index in [4.69, 9.17) is 24.5 Å². The van der Waals surface area contributed by atoms with Gasteiger partial charge in [-0.3, -0.25) is 0 Å². The summed E-state index contributed by atoms with van der Waals surface area (Å²) in [5, 5.41) is 18.4. The smallest absolute Gasteiger partial charge is 0.335 e. The fourth-order valence-corrected chi connectivity index (χ4v) is 4.69. The Kier molecular flexibility index (Phi) is 7.49. The number of pyridine rings is 1. The zero-order valence-corrected chi connectivity index (χ0v) is 22.4. The van der Waals surface area contributed by atoms with E-state index in [1.165, 1.54) is 12.1 Å². The summed E-state index contributed by atoms with van der Waals surface area (Å²) in [6, 6.07) is 23.7. The number of aromatic carboxylic acids is 1. The zero-order valence-electron chi connectivity index (χ0n) is 22.4. The molecule has 0 amide bonds. The van der Waals surface area contributed by atoms with Crippen molar-refractivity contribution < 1.29 is 28.5 Å². The first kappa shape index (κ1) is 26.9. The summed E-state index contributed by atoms with van der Waals surface area (Å²) in [6.07, 6.45) is 1.58. The van der Waals surface area contributed by atoms with E-state index in [0.29, 0.717) is 30.3 Å². The summed E-state index contributed by atoms with van der Waals surface area (Å²) < 4.78 is 33.3. The number of carbonyl (C=O) groups is 1. The molecule has 1 N–H and O–H groups in total. The maximum Gasteiger partial charge on any atom is 0.335 e. The Morgan fingerprint density at radius 1 is 1.10 bits per heavy atom. The Morgan fingerprint density at radius 3 is 2.64 bits per heavy atom. The number of aromatic nitrogens is 3. The number of fused-ring (bicyclic) bond motifs is 1. The van der Waals surface area contributed by atoms with Crippen LogP contribution in [0, 0.1) is 17.1 Å². The second-order valence-electron chi connectivity index (χ2n) is 9.86. The molecule has 210 valence electrons. The van der Waals surface area contributed by atoms with Crippen molar-refractivity contribution in [1.82, 2.24) is 14.5 Å². The molecule has 1 aliphatic heterocycles. The standard InChI is InChI=1S/C32H25FN4O5/c33-26-14-21(17-34)6-11-29(26)41-19-23-2-1-3-31(35-23)42-24-8-4-20(5-9-24)15-30-36-27-10-7-22(32(38)39)16-28(27)37(30)18-25-12-13-40-25/h1-11,14,16,25H,12-13,15,18-19H2,(H,38,39). The first-order chi connectivity index (χ1) is 20.4. The van der Waals surface area contributed by atoms with Crippen LogP contribution in [0.2, 0.25) is 0 Å². The third kappa shape index (κ3) is 5.92. The van der Waals surface area contributed by atoms with Gasteiger partial charge in [-0.25, -0.2) is 19.2 Å². The highest BCUT2D eigenvalue weighted by atomic mass is 19.1. The van der Waals surface area contributed by atoms with E-state index in [9.17, 15) is 14.3 Å². The van der Waals surface area contributed by atoms with Gasteiger partial charge in [0.25, 0.3) is 0 Å². The van der Waals surface area contributed by atoms with Gasteiger partial charge in [0.15, 0.2) is 11.6 Å². The lowest BCUT2D eigenvalue weighted by atomic mass is 10.1. The number of imidazole rings is 1. The predicted octanol–water partition coefficient (Wildman–Crippen LogP) is 5.89. The van der Waals surface area contributed by atoms with Gasteiger partial charge in [0.1, 0.15) is 18.2 Å². The number of halogens is 1. The molecular formula is C32H25FN4O5. The molecule has 1 atom stereocenters. The van der Waals surface area contributed by atoms with Gasteiger partial charge in [-0.1, -0.05) is 18.2 Å². The number of nitrogens with zero attached hydrogens (tertiary/aromatic N) is 4. The molecule has 5 aromatic rings. The van der Waals surface area contributed by atoms with E-state index >= 15 is 0 Å². The number of nitriles is 1. The van der Waals surface area contributed by atoms with Crippen molar-refractivity contribution in [2.24, 2.45) is 0 Å². The lowest BCUT2D eigenvalue weighted by molar-refractivity contribution is -0.0589. The number of hydrogen-bond donors (Lipinski definition) is 1. The summed E-state index contributed by atoms with van der Waals surface area (Å²) in [4.78, 5) is 20.8. The van der Waals surface area contributed by atoms with Gasteiger partial charge in [0.2, 0.25) is 5.88 Å². The Bertz CT molecular complexity index is 1810. The normalized spacial score (nSPS) is 14.2. The second-order valence-corrected chi connectivity index (χ2v) is 9.86. The van der Waals surface area contributed by atoms with Crippen molar-refractivity contribution in [3.63, 3.8) is 0 Å². The number of carboxylic acids is 1. The quantitative estimate of drug-likeness (QED) is 0.223. The van der Waals surface area contributed by atoms with Crippen molar-refractivity contribution in [3.8, 4) is 23.4 Å². The SMILES string of the molecule is N#Cc1ccc(OCc2cccc(Oc3ccc(Cc4nc5ccc(C(=O)O)cc5n4CC4CCO4)cc3)n2)c(F)c1. The Balaban J connectivity index is 1.14. The predicted molar refractivity (Wildman–Crippen MR) is 150 cm³/mol. The van der Waals surface area contributed by atoms with E-state index in [2.05, 4.69) is 9.55 Å². The lowest BCUT2D eigenvalue weighted by Crippen LogP contribution is -2.31. The number of carboxylic acid groups (broad SMARTS) is 1. The summed E-state index contributed by atoms with van der Waals surface area (Å²) >= 11 is 0. The second kappa shape index (κ2) is 11.7.